The molecule has 164 valence electrons. The second-order valence-corrected chi connectivity index (χ2v) is 8.44. The van der Waals surface area contributed by atoms with Crippen LogP contribution in [0.2, 0.25) is 0 Å². The normalized spacial score (nSPS) is 12.4. The van der Waals surface area contributed by atoms with Crippen LogP contribution in [-0.4, -0.2) is 31.4 Å². The van der Waals surface area contributed by atoms with Crippen LogP contribution < -0.4 is 15.4 Å². The molecule has 0 unspecified atom stereocenters. The summed E-state index contributed by atoms with van der Waals surface area (Å²) in [4.78, 5) is 25.1. The summed E-state index contributed by atoms with van der Waals surface area (Å²) in [6, 6.07) is 8.71. The van der Waals surface area contributed by atoms with Gasteiger partial charge in [0.2, 0.25) is 15.9 Å². The van der Waals surface area contributed by atoms with Crippen molar-refractivity contribution in [3.05, 3.63) is 65.4 Å². The molecule has 1 aromatic carbocycles. The van der Waals surface area contributed by atoms with Gasteiger partial charge in [0.25, 0.3) is 5.91 Å². The zero-order chi connectivity index (χ0) is 22.6. The van der Waals surface area contributed by atoms with E-state index in [1.165, 1.54) is 27.0 Å². The lowest BCUT2D eigenvalue weighted by Crippen LogP contribution is -2.42. The van der Waals surface area contributed by atoms with E-state index >= 15 is 0 Å². The fourth-order valence-corrected chi connectivity index (χ4v) is 4.44. The third-order valence-corrected chi connectivity index (χ3v) is 6.18. The fourth-order valence-electron chi connectivity index (χ4n) is 2.91. The van der Waals surface area contributed by atoms with Crippen LogP contribution in [0.1, 0.15) is 34.5 Å². The fraction of sp³-hybridized carbons (Fsp3) is 0.250. The van der Waals surface area contributed by atoms with Crippen LogP contribution in [0.15, 0.2) is 56.5 Å². The highest BCUT2D eigenvalue weighted by molar-refractivity contribution is 7.89. The Morgan fingerprint density at radius 1 is 1.13 bits per heavy atom. The molecule has 0 spiro atoms. The van der Waals surface area contributed by atoms with Crippen LogP contribution in [0.4, 0.5) is 5.69 Å². The number of para-hydroxylation sites is 1. The summed E-state index contributed by atoms with van der Waals surface area (Å²) < 4.78 is 37.6. The summed E-state index contributed by atoms with van der Waals surface area (Å²) >= 11 is 0. The topological polar surface area (TPSA) is 144 Å². The van der Waals surface area contributed by atoms with Gasteiger partial charge in [0.15, 0.2) is 5.76 Å². The van der Waals surface area contributed by atoms with E-state index in [1.807, 2.05) is 0 Å². The Hall–Kier alpha value is -3.44. The molecular weight excluding hydrogens is 424 g/mol. The first-order valence-corrected chi connectivity index (χ1v) is 10.8. The Balaban J connectivity index is 1.69. The number of sulfonamides is 1. The molecule has 2 aromatic heterocycles. The summed E-state index contributed by atoms with van der Waals surface area (Å²) in [5, 5.41) is 8.92. The van der Waals surface area contributed by atoms with Gasteiger partial charge in [0, 0.05) is 0 Å². The molecule has 31 heavy (non-hydrogen) atoms. The van der Waals surface area contributed by atoms with Gasteiger partial charge in [-0.15, -0.1) is 0 Å². The van der Waals surface area contributed by atoms with Gasteiger partial charge in [0.1, 0.15) is 16.3 Å². The van der Waals surface area contributed by atoms with Crippen molar-refractivity contribution in [1.29, 1.82) is 0 Å². The van der Waals surface area contributed by atoms with E-state index in [4.69, 9.17) is 8.94 Å². The van der Waals surface area contributed by atoms with Crippen molar-refractivity contribution >= 4 is 27.5 Å². The molecule has 3 N–H and O–H groups in total. The molecule has 3 rings (SSSR count). The van der Waals surface area contributed by atoms with Crippen LogP contribution in [0.5, 0.6) is 0 Å². The van der Waals surface area contributed by atoms with Gasteiger partial charge in [-0.1, -0.05) is 17.3 Å². The van der Waals surface area contributed by atoms with Gasteiger partial charge >= 0.3 is 0 Å². The van der Waals surface area contributed by atoms with Crippen molar-refractivity contribution in [3.8, 4) is 0 Å². The highest BCUT2D eigenvalue weighted by Crippen LogP contribution is 2.20. The van der Waals surface area contributed by atoms with Crippen molar-refractivity contribution in [1.82, 2.24) is 15.2 Å². The van der Waals surface area contributed by atoms with E-state index in [1.54, 1.807) is 36.4 Å². The van der Waals surface area contributed by atoms with Crippen molar-refractivity contribution in [2.24, 2.45) is 0 Å². The molecule has 0 saturated heterocycles. The summed E-state index contributed by atoms with van der Waals surface area (Å²) in [7, 11) is -4.03. The van der Waals surface area contributed by atoms with Crippen LogP contribution in [-0.2, 0) is 21.4 Å². The van der Waals surface area contributed by atoms with Gasteiger partial charge < -0.3 is 19.6 Å². The number of anilines is 1. The van der Waals surface area contributed by atoms with Crippen molar-refractivity contribution < 1.29 is 26.9 Å². The molecule has 11 heteroatoms. The standard InChI is InChI=1S/C20H22N4O6S/c1-12-18(14(3)30-23-12)31(27,28)24-13(2)19(25)22-17-9-5-4-8-16(17)20(26)21-11-15-7-6-10-29-15/h4-10,13,24H,11H2,1-3H3,(H,21,26)(H,22,25)/t13-/m0/s1. The first-order valence-electron chi connectivity index (χ1n) is 9.34. The van der Waals surface area contributed by atoms with Gasteiger partial charge in [-0.05, 0) is 45.0 Å². The van der Waals surface area contributed by atoms with Crippen LogP contribution in [0.3, 0.4) is 0 Å². The van der Waals surface area contributed by atoms with Crippen molar-refractivity contribution in [2.45, 2.75) is 38.3 Å². The number of rotatable bonds is 8. The SMILES string of the molecule is Cc1noc(C)c1S(=O)(=O)N[C@@H](C)C(=O)Nc1ccccc1C(=O)NCc1ccco1. The van der Waals surface area contributed by atoms with Gasteiger partial charge in [-0.2, -0.15) is 4.72 Å². The second-order valence-electron chi connectivity index (χ2n) is 6.79. The molecule has 0 bridgehead atoms. The lowest BCUT2D eigenvalue weighted by molar-refractivity contribution is -0.117. The molecule has 0 aliphatic heterocycles. The molecule has 2 heterocycles. The lowest BCUT2D eigenvalue weighted by atomic mass is 10.1. The molecule has 10 nitrogen and oxygen atoms in total. The van der Waals surface area contributed by atoms with Crippen LogP contribution >= 0.6 is 0 Å². The molecule has 3 aromatic rings. The Bertz CT molecular complexity index is 1160. The van der Waals surface area contributed by atoms with Crippen LogP contribution in [0.25, 0.3) is 0 Å². The zero-order valence-corrected chi connectivity index (χ0v) is 17.9. The summed E-state index contributed by atoms with van der Waals surface area (Å²) in [5.41, 5.74) is 0.659. The number of carbonyl (C=O) groups excluding carboxylic acids is 2. The number of aromatic nitrogens is 1. The Kier molecular flexibility index (Phi) is 6.56. The van der Waals surface area contributed by atoms with E-state index < -0.39 is 27.9 Å². The number of aryl methyl sites for hydroxylation is 2. The average Bonchev–Trinajstić information content (AvgIpc) is 3.35. The highest BCUT2D eigenvalue weighted by Gasteiger charge is 2.28. The summed E-state index contributed by atoms with van der Waals surface area (Å²) in [5.74, 6) is -0.355. The largest absolute Gasteiger partial charge is 0.467 e. The molecular formula is C20H22N4O6S. The Morgan fingerprint density at radius 3 is 2.52 bits per heavy atom. The quantitative estimate of drug-likeness (QED) is 0.481. The van der Waals surface area contributed by atoms with Crippen molar-refractivity contribution in [3.63, 3.8) is 0 Å². The third-order valence-electron chi connectivity index (χ3n) is 4.39. The number of benzene rings is 1. The lowest BCUT2D eigenvalue weighted by Gasteiger charge is -2.16. The van der Waals surface area contributed by atoms with Gasteiger partial charge in [-0.3, -0.25) is 9.59 Å². The number of amides is 2. The monoisotopic (exact) mass is 446 g/mol. The second kappa shape index (κ2) is 9.14. The van der Waals surface area contributed by atoms with E-state index in [-0.39, 0.29) is 34.1 Å². The third kappa shape index (κ3) is 5.19. The summed E-state index contributed by atoms with van der Waals surface area (Å²) in [6.07, 6.45) is 1.50. The number of furan rings is 1. The molecule has 0 fully saturated rings. The van der Waals surface area contributed by atoms with Gasteiger partial charge in [-0.25, -0.2) is 8.42 Å². The highest BCUT2D eigenvalue weighted by atomic mass is 32.2. The maximum atomic E-state index is 12.6. The molecule has 0 aliphatic carbocycles. The summed E-state index contributed by atoms with van der Waals surface area (Å²) in [6.45, 7) is 4.54. The zero-order valence-electron chi connectivity index (χ0n) is 17.1. The predicted molar refractivity (Wildman–Crippen MR) is 111 cm³/mol. The molecule has 0 radical (unpaired) electrons. The van der Waals surface area contributed by atoms with E-state index in [2.05, 4.69) is 20.5 Å². The average molecular weight is 446 g/mol. The molecule has 2 amide bonds. The van der Waals surface area contributed by atoms with Gasteiger partial charge in [0.05, 0.1) is 30.1 Å². The predicted octanol–water partition coefficient (Wildman–Crippen LogP) is 2.12. The van der Waals surface area contributed by atoms with E-state index in [9.17, 15) is 18.0 Å². The number of carbonyl (C=O) groups is 2. The van der Waals surface area contributed by atoms with E-state index in [0.29, 0.717) is 5.76 Å². The minimum absolute atomic E-state index is 0.107. The van der Waals surface area contributed by atoms with E-state index in [0.717, 1.165) is 0 Å². The number of nitrogens with zero attached hydrogens (tertiary/aromatic N) is 1. The number of hydrogen-bond donors (Lipinski definition) is 3. The smallest absolute Gasteiger partial charge is 0.253 e. The van der Waals surface area contributed by atoms with Crippen LogP contribution in [0, 0.1) is 13.8 Å². The molecule has 0 aliphatic rings. The first-order chi connectivity index (χ1) is 14.7. The number of nitrogens with one attached hydrogen (secondary N) is 3. The molecule has 1 atom stereocenters. The maximum Gasteiger partial charge on any atom is 0.253 e. The Morgan fingerprint density at radius 2 is 1.87 bits per heavy atom. The minimum atomic E-state index is -4.03. The van der Waals surface area contributed by atoms with Crippen molar-refractivity contribution in [2.75, 3.05) is 5.32 Å². The minimum Gasteiger partial charge on any atom is -0.467 e. The Labute approximate surface area is 179 Å². The molecule has 0 saturated carbocycles. The first kappa shape index (κ1) is 22.2. The maximum absolute atomic E-state index is 12.6. The number of hydrogen-bond acceptors (Lipinski definition) is 7.